The van der Waals surface area contributed by atoms with Gasteiger partial charge in [0.15, 0.2) is 5.75 Å². The quantitative estimate of drug-likeness (QED) is 0.791. The molecule has 2 aliphatic heterocycles. The van der Waals surface area contributed by atoms with E-state index in [4.69, 9.17) is 9.47 Å². The summed E-state index contributed by atoms with van der Waals surface area (Å²) in [4.78, 5) is 25.4. The van der Waals surface area contributed by atoms with Gasteiger partial charge in [-0.05, 0) is 43.9 Å². The van der Waals surface area contributed by atoms with E-state index in [1.807, 2.05) is 17.0 Å². The number of fused-ring (bicyclic) bond motifs is 1. The Bertz CT molecular complexity index is 812. The van der Waals surface area contributed by atoms with Gasteiger partial charge in [-0.3, -0.25) is 9.69 Å². The van der Waals surface area contributed by atoms with Crippen LogP contribution in [-0.2, 0) is 11.2 Å². The SMILES string of the molecule is COc1cnc(OC2CCCN(CC(=O)N3CCCc4ccccc43)C2)nc1. The predicted octanol–water partition coefficient (Wildman–Crippen LogP) is 2.31. The van der Waals surface area contributed by atoms with Crippen molar-refractivity contribution < 1.29 is 14.3 Å². The number of nitrogens with zero attached hydrogens (tertiary/aromatic N) is 4. The maximum atomic E-state index is 13.0. The Balaban J connectivity index is 1.35. The molecule has 3 heterocycles. The van der Waals surface area contributed by atoms with Gasteiger partial charge in [-0.25, -0.2) is 0 Å². The normalized spacial score (nSPS) is 19.8. The molecule has 1 aromatic heterocycles. The first-order valence-electron chi connectivity index (χ1n) is 9.86. The molecule has 28 heavy (non-hydrogen) atoms. The third-order valence-electron chi connectivity index (χ3n) is 5.34. The Morgan fingerprint density at radius 3 is 2.82 bits per heavy atom. The molecule has 148 valence electrons. The maximum Gasteiger partial charge on any atom is 0.316 e. The number of rotatable bonds is 5. The number of methoxy groups -OCH3 is 1. The number of para-hydroxylation sites is 1. The van der Waals surface area contributed by atoms with Crippen LogP contribution in [-0.4, -0.2) is 60.2 Å². The number of piperidine rings is 1. The van der Waals surface area contributed by atoms with Crippen molar-refractivity contribution >= 4 is 11.6 Å². The zero-order valence-electron chi connectivity index (χ0n) is 16.2. The number of aromatic nitrogens is 2. The predicted molar refractivity (Wildman–Crippen MR) is 106 cm³/mol. The average Bonchev–Trinajstić information content (AvgIpc) is 2.74. The molecule has 0 saturated carbocycles. The molecule has 1 aromatic carbocycles. The fourth-order valence-corrected chi connectivity index (χ4v) is 3.94. The molecule has 1 fully saturated rings. The third-order valence-corrected chi connectivity index (χ3v) is 5.34. The van der Waals surface area contributed by atoms with Crippen molar-refractivity contribution in [2.45, 2.75) is 31.8 Å². The van der Waals surface area contributed by atoms with E-state index in [-0.39, 0.29) is 12.0 Å². The molecule has 2 aromatic rings. The first-order valence-corrected chi connectivity index (χ1v) is 9.86. The Morgan fingerprint density at radius 1 is 1.18 bits per heavy atom. The average molecular weight is 382 g/mol. The first-order chi connectivity index (χ1) is 13.7. The number of anilines is 1. The van der Waals surface area contributed by atoms with Crippen molar-refractivity contribution in [2.24, 2.45) is 0 Å². The summed E-state index contributed by atoms with van der Waals surface area (Å²) in [6, 6.07) is 8.57. The van der Waals surface area contributed by atoms with Crippen LogP contribution in [0.4, 0.5) is 5.69 Å². The number of likely N-dealkylation sites (tertiary alicyclic amines) is 1. The van der Waals surface area contributed by atoms with E-state index < -0.39 is 0 Å². The minimum atomic E-state index is -0.0106. The highest BCUT2D eigenvalue weighted by Crippen LogP contribution is 2.27. The molecule has 0 spiro atoms. The molecule has 0 aliphatic carbocycles. The summed E-state index contributed by atoms with van der Waals surface area (Å²) in [6.45, 7) is 2.82. The van der Waals surface area contributed by atoms with E-state index in [0.29, 0.717) is 24.8 Å². The summed E-state index contributed by atoms with van der Waals surface area (Å²) in [5.74, 6) is 0.763. The van der Waals surface area contributed by atoms with Crippen molar-refractivity contribution in [3.63, 3.8) is 0 Å². The van der Waals surface area contributed by atoms with Gasteiger partial charge in [0.2, 0.25) is 5.91 Å². The van der Waals surface area contributed by atoms with Gasteiger partial charge in [0.25, 0.3) is 0 Å². The van der Waals surface area contributed by atoms with Gasteiger partial charge >= 0.3 is 6.01 Å². The van der Waals surface area contributed by atoms with Gasteiger partial charge in [-0.15, -0.1) is 0 Å². The number of hydrogen-bond donors (Lipinski definition) is 0. The molecule has 7 nitrogen and oxygen atoms in total. The van der Waals surface area contributed by atoms with Crippen molar-refractivity contribution in [3.8, 4) is 11.8 Å². The van der Waals surface area contributed by atoms with E-state index in [1.54, 1.807) is 19.5 Å². The summed E-state index contributed by atoms with van der Waals surface area (Å²) in [5, 5.41) is 0. The standard InChI is InChI=1S/C21H26N4O3/c1-27-18-12-22-21(23-13-18)28-17-8-5-10-24(14-17)15-20(26)25-11-4-7-16-6-2-3-9-19(16)25/h2-3,6,9,12-13,17H,4-5,7-8,10-11,14-15H2,1H3. The van der Waals surface area contributed by atoms with Crippen molar-refractivity contribution in [3.05, 3.63) is 42.2 Å². The second-order valence-electron chi connectivity index (χ2n) is 7.30. The molecule has 1 saturated heterocycles. The van der Waals surface area contributed by atoms with Crippen LogP contribution in [0.25, 0.3) is 0 Å². The lowest BCUT2D eigenvalue weighted by molar-refractivity contribution is -0.120. The molecule has 4 rings (SSSR count). The number of amides is 1. The van der Waals surface area contributed by atoms with E-state index in [2.05, 4.69) is 27.0 Å². The molecule has 0 radical (unpaired) electrons. The lowest BCUT2D eigenvalue weighted by Crippen LogP contribution is -2.48. The van der Waals surface area contributed by atoms with Crippen LogP contribution in [0.3, 0.4) is 0 Å². The maximum absolute atomic E-state index is 13.0. The van der Waals surface area contributed by atoms with Crippen LogP contribution in [0, 0.1) is 0 Å². The smallest absolute Gasteiger partial charge is 0.316 e. The van der Waals surface area contributed by atoms with Gasteiger partial charge < -0.3 is 14.4 Å². The minimum absolute atomic E-state index is 0.0106. The topological polar surface area (TPSA) is 67.8 Å². The van der Waals surface area contributed by atoms with Crippen LogP contribution in [0.2, 0.25) is 0 Å². The fourth-order valence-electron chi connectivity index (χ4n) is 3.94. The van der Waals surface area contributed by atoms with Crippen LogP contribution >= 0.6 is 0 Å². The number of benzene rings is 1. The van der Waals surface area contributed by atoms with Crippen molar-refractivity contribution in [1.29, 1.82) is 0 Å². The van der Waals surface area contributed by atoms with Crippen molar-refractivity contribution in [1.82, 2.24) is 14.9 Å². The minimum Gasteiger partial charge on any atom is -0.494 e. The third kappa shape index (κ3) is 4.25. The zero-order valence-corrected chi connectivity index (χ0v) is 16.2. The van der Waals surface area contributed by atoms with Gasteiger partial charge in [0, 0.05) is 18.8 Å². The zero-order chi connectivity index (χ0) is 19.3. The van der Waals surface area contributed by atoms with Crippen LogP contribution in [0.1, 0.15) is 24.8 Å². The lowest BCUT2D eigenvalue weighted by atomic mass is 10.0. The van der Waals surface area contributed by atoms with Crippen LogP contribution < -0.4 is 14.4 Å². The van der Waals surface area contributed by atoms with E-state index in [0.717, 1.165) is 44.5 Å². The van der Waals surface area contributed by atoms with Gasteiger partial charge in [-0.1, -0.05) is 18.2 Å². The summed E-state index contributed by atoms with van der Waals surface area (Å²) >= 11 is 0. The van der Waals surface area contributed by atoms with Gasteiger partial charge in [0.1, 0.15) is 6.10 Å². The Hall–Kier alpha value is -2.67. The molecule has 0 N–H and O–H groups in total. The van der Waals surface area contributed by atoms with Gasteiger partial charge in [0.05, 0.1) is 26.0 Å². The van der Waals surface area contributed by atoms with Gasteiger partial charge in [-0.2, -0.15) is 9.97 Å². The summed E-state index contributed by atoms with van der Waals surface area (Å²) in [5.41, 5.74) is 2.33. The lowest BCUT2D eigenvalue weighted by Gasteiger charge is -2.35. The highest BCUT2D eigenvalue weighted by molar-refractivity contribution is 5.95. The second-order valence-corrected chi connectivity index (χ2v) is 7.30. The molecule has 1 unspecified atom stereocenters. The highest BCUT2D eigenvalue weighted by atomic mass is 16.5. The monoisotopic (exact) mass is 382 g/mol. The Morgan fingerprint density at radius 2 is 2.00 bits per heavy atom. The van der Waals surface area contributed by atoms with Crippen LogP contribution in [0.15, 0.2) is 36.7 Å². The molecule has 0 bridgehead atoms. The highest BCUT2D eigenvalue weighted by Gasteiger charge is 2.27. The van der Waals surface area contributed by atoms with E-state index >= 15 is 0 Å². The fraction of sp³-hybridized carbons (Fsp3) is 0.476. The number of carbonyl (C=O) groups is 1. The molecule has 1 atom stereocenters. The second kappa shape index (κ2) is 8.56. The number of aryl methyl sites for hydroxylation is 1. The number of carbonyl (C=O) groups excluding carboxylic acids is 1. The summed E-state index contributed by atoms with van der Waals surface area (Å²) < 4.78 is 11.0. The molecule has 2 aliphatic rings. The van der Waals surface area contributed by atoms with E-state index in [1.165, 1.54) is 5.56 Å². The Kier molecular flexibility index (Phi) is 5.71. The number of hydrogen-bond acceptors (Lipinski definition) is 6. The Labute approximate surface area is 165 Å². The molecular formula is C21H26N4O3. The van der Waals surface area contributed by atoms with Crippen LogP contribution in [0.5, 0.6) is 11.8 Å². The largest absolute Gasteiger partial charge is 0.494 e. The summed E-state index contributed by atoms with van der Waals surface area (Å²) in [7, 11) is 1.58. The summed E-state index contributed by atoms with van der Waals surface area (Å²) in [6.07, 6.45) is 7.17. The first kappa shape index (κ1) is 18.7. The van der Waals surface area contributed by atoms with E-state index in [9.17, 15) is 4.79 Å². The number of ether oxygens (including phenoxy) is 2. The molecule has 1 amide bonds. The van der Waals surface area contributed by atoms with Crippen molar-refractivity contribution in [2.75, 3.05) is 38.2 Å². The molecule has 7 heteroatoms. The molecular weight excluding hydrogens is 356 g/mol.